The number of thiophene rings is 1. The highest BCUT2D eigenvalue weighted by Gasteiger charge is 2.23. The summed E-state index contributed by atoms with van der Waals surface area (Å²) in [6.07, 6.45) is 2.38. The summed E-state index contributed by atoms with van der Waals surface area (Å²) in [5.41, 5.74) is 1.69. The average molecular weight is 322 g/mol. The van der Waals surface area contributed by atoms with Crippen LogP contribution in [0.5, 0.6) is 0 Å². The van der Waals surface area contributed by atoms with Crippen molar-refractivity contribution >= 4 is 27.0 Å². The summed E-state index contributed by atoms with van der Waals surface area (Å²) in [6.45, 7) is 2.59. The Bertz CT molecular complexity index is 716. The Morgan fingerprint density at radius 3 is 2.57 bits per heavy atom. The van der Waals surface area contributed by atoms with Crippen molar-refractivity contribution in [3.05, 3.63) is 46.2 Å². The maximum atomic E-state index is 12.5. The molecule has 1 aliphatic carbocycles. The third-order valence-electron chi connectivity index (χ3n) is 3.43. The summed E-state index contributed by atoms with van der Waals surface area (Å²) < 4.78 is 27.6. The van der Waals surface area contributed by atoms with E-state index in [1.54, 1.807) is 18.2 Å². The standard InChI is InChI=1S/C15H18N2O2S2/c1-11-2-4-13(5-3-11)17-21(18,19)15-8-9-20-14(15)10-16-12-6-7-12/h2-5,8-9,12,16-17H,6-7,10H2,1H3. The first-order valence-electron chi connectivity index (χ1n) is 6.94. The van der Waals surface area contributed by atoms with Gasteiger partial charge in [-0.2, -0.15) is 0 Å². The molecule has 0 radical (unpaired) electrons. The van der Waals surface area contributed by atoms with E-state index in [4.69, 9.17) is 0 Å². The molecule has 0 bridgehead atoms. The molecule has 1 aromatic heterocycles. The van der Waals surface area contributed by atoms with Gasteiger partial charge in [0.25, 0.3) is 10.0 Å². The number of nitrogens with one attached hydrogen (secondary N) is 2. The zero-order valence-corrected chi connectivity index (χ0v) is 13.4. The second-order valence-corrected chi connectivity index (χ2v) is 7.99. The van der Waals surface area contributed by atoms with Gasteiger partial charge in [0.05, 0.1) is 0 Å². The van der Waals surface area contributed by atoms with Gasteiger partial charge in [0.15, 0.2) is 0 Å². The minimum absolute atomic E-state index is 0.376. The highest BCUT2D eigenvalue weighted by molar-refractivity contribution is 7.93. The summed E-state index contributed by atoms with van der Waals surface area (Å²) in [5, 5.41) is 5.19. The molecule has 0 aliphatic heterocycles. The zero-order valence-electron chi connectivity index (χ0n) is 11.8. The lowest BCUT2D eigenvalue weighted by atomic mass is 10.2. The number of benzene rings is 1. The van der Waals surface area contributed by atoms with Crippen molar-refractivity contribution in [2.24, 2.45) is 0 Å². The molecule has 0 spiro atoms. The topological polar surface area (TPSA) is 58.2 Å². The summed E-state index contributed by atoms with van der Waals surface area (Å²) >= 11 is 1.48. The highest BCUT2D eigenvalue weighted by Crippen LogP contribution is 2.26. The number of aryl methyl sites for hydroxylation is 1. The van der Waals surface area contributed by atoms with Crippen molar-refractivity contribution < 1.29 is 8.42 Å². The van der Waals surface area contributed by atoms with Crippen molar-refractivity contribution in [3.63, 3.8) is 0 Å². The molecule has 3 rings (SSSR count). The minimum Gasteiger partial charge on any atom is -0.309 e. The van der Waals surface area contributed by atoms with E-state index < -0.39 is 10.0 Å². The van der Waals surface area contributed by atoms with Crippen LogP contribution in [0.1, 0.15) is 23.3 Å². The molecule has 1 saturated carbocycles. The molecule has 0 amide bonds. The van der Waals surface area contributed by atoms with Crippen LogP contribution in [0, 0.1) is 6.92 Å². The van der Waals surface area contributed by atoms with E-state index in [2.05, 4.69) is 10.0 Å². The first-order valence-corrected chi connectivity index (χ1v) is 9.30. The lowest BCUT2D eigenvalue weighted by molar-refractivity contribution is 0.599. The second-order valence-electron chi connectivity index (χ2n) is 5.33. The first-order chi connectivity index (χ1) is 10.0. The Hall–Kier alpha value is -1.37. The predicted molar refractivity (Wildman–Crippen MR) is 86.2 cm³/mol. The lowest BCUT2D eigenvalue weighted by Crippen LogP contribution is -2.18. The van der Waals surface area contributed by atoms with E-state index in [0.29, 0.717) is 23.2 Å². The SMILES string of the molecule is Cc1ccc(NS(=O)(=O)c2ccsc2CNC2CC2)cc1. The Kier molecular flexibility index (Phi) is 4.01. The first kappa shape index (κ1) is 14.6. The van der Waals surface area contributed by atoms with Gasteiger partial charge in [-0.15, -0.1) is 11.3 Å². The normalized spacial score (nSPS) is 15.1. The molecule has 1 aromatic carbocycles. The fraction of sp³-hybridized carbons (Fsp3) is 0.333. The van der Waals surface area contributed by atoms with Crippen molar-refractivity contribution in [1.29, 1.82) is 0 Å². The van der Waals surface area contributed by atoms with E-state index in [9.17, 15) is 8.42 Å². The lowest BCUT2D eigenvalue weighted by Gasteiger charge is -2.09. The van der Waals surface area contributed by atoms with Crippen LogP contribution in [-0.2, 0) is 16.6 Å². The molecule has 2 aromatic rings. The molecule has 1 fully saturated rings. The van der Waals surface area contributed by atoms with Crippen LogP contribution < -0.4 is 10.0 Å². The molecule has 0 atom stereocenters. The fourth-order valence-electron chi connectivity index (χ4n) is 2.05. The molecule has 1 aliphatic rings. The van der Waals surface area contributed by atoms with Gasteiger partial charge in [-0.25, -0.2) is 8.42 Å². The fourth-order valence-corrected chi connectivity index (χ4v) is 4.51. The van der Waals surface area contributed by atoms with Crippen LogP contribution in [0.25, 0.3) is 0 Å². The smallest absolute Gasteiger partial charge is 0.263 e. The van der Waals surface area contributed by atoms with Gasteiger partial charge >= 0.3 is 0 Å². The van der Waals surface area contributed by atoms with E-state index in [0.717, 1.165) is 10.4 Å². The molecule has 112 valence electrons. The number of sulfonamides is 1. The van der Waals surface area contributed by atoms with Crippen molar-refractivity contribution in [3.8, 4) is 0 Å². The predicted octanol–water partition coefficient (Wildman–Crippen LogP) is 3.11. The summed E-state index contributed by atoms with van der Waals surface area (Å²) in [7, 11) is -3.52. The molecule has 0 saturated heterocycles. The maximum absolute atomic E-state index is 12.5. The second kappa shape index (κ2) is 5.79. The quantitative estimate of drug-likeness (QED) is 0.859. The molecule has 4 nitrogen and oxygen atoms in total. The molecular formula is C15H18N2O2S2. The molecule has 2 N–H and O–H groups in total. The van der Waals surface area contributed by atoms with Crippen LogP contribution in [0.15, 0.2) is 40.6 Å². The molecular weight excluding hydrogens is 304 g/mol. The monoisotopic (exact) mass is 322 g/mol. The number of hydrogen-bond donors (Lipinski definition) is 2. The molecule has 0 unspecified atom stereocenters. The van der Waals surface area contributed by atoms with E-state index in [1.807, 2.05) is 24.4 Å². The van der Waals surface area contributed by atoms with Crippen LogP contribution in [0.3, 0.4) is 0 Å². The average Bonchev–Trinajstić information content (AvgIpc) is 3.14. The minimum atomic E-state index is -3.52. The summed E-state index contributed by atoms with van der Waals surface area (Å²) in [6, 6.07) is 9.57. The van der Waals surface area contributed by atoms with Crippen molar-refractivity contribution in [2.75, 3.05) is 4.72 Å². The highest BCUT2D eigenvalue weighted by atomic mass is 32.2. The van der Waals surface area contributed by atoms with E-state index in [1.165, 1.54) is 24.2 Å². The van der Waals surface area contributed by atoms with Gasteiger partial charge in [0.2, 0.25) is 0 Å². The van der Waals surface area contributed by atoms with Crippen LogP contribution in [-0.4, -0.2) is 14.5 Å². The number of hydrogen-bond acceptors (Lipinski definition) is 4. The Balaban J connectivity index is 1.77. The third-order valence-corrected chi connectivity index (χ3v) is 5.94. The Morgan fingerprint density at radius 2 is 1.90 bits per heavy atom. The zero-order chi connectivity index (χ0) is 14.9. The van der Waals surface area contributed by atoms with Crippen molar-refractivity contribution in [1.82, 2.24) is 5.32 Å². The summed E-state index contributed by atoms with van der Waals surface area (Å²) in [4.78, 5) is 1.24. The van der Waals surface area contributed by atoms with Crippen LogP contribution in [0.4, 0.5) is 5.69 Å². The molecule has 6 heteroatoms. The van der Waals surface area contributed by atoms with E-state index >= 15 is 0 Å². The van der Waals surface area contributed by atoms with Gasteiger partial charge in [-0.05, 0) is 43.3 Å². The maximum Gasteiger partial charge on any atom is 0.263 e. The van der Waals surface area contributed by atoms with Gasteiger partial charge in [0, 0.05) is 23.2 Å². The van der Waals surface area contributed by atoms with E-state index in [-0.39, 0.29) is 0 Å². The van der Waals surface area contributed by atoms with Gasteiger partial charge in [-0.1, -0.05) is 17.7 Å². The van der Waals surface area contributed by atoms with Crippen LogP contribution in [0.2, 0.25) is 0 Å². The number of anilines is 1. The Labute approximate surface area is 129 Å². The van der Waals surface area contributed by atoms with Gasteiger partial charge in [-0.3, -0.25) is 4.72 Å². The number of rotatable bonds is 6. The molecule has 21 heavy (non-hydrogen) atoms. The van der Waals surface area contributed by atoms with Crippen LogP contribution >= 0.6 is 11.3 Å². The Morgan fingerprint density at radius 1 is 1.19 bits per heavy atom. The molecule has 1 heterocycles. The largest absolute Gasteiger partial charge is 0.309 e. The third kappa shape index (κ3) is 3.64. The van der Waals surface area contributed by atoms with Crippen molar-refractivity contribution in [2.45, 2.75) is 37.2 Å². The van der Waals surface area contributed by atoms with Gasteiger partial charge < -0.3 is 5.32 Å². The van der Waals surface area contributed by atoms with Gasteiger partial charge in [0.1, 0.15) is 4.90 Å². The summed E-state index contributed by atoms with van der Waals surface area (Å²) in [5.74, 6) is 0.